The van der Waals surface area contributed by atoms with Crippen molar-refractivity contribution in [1.29, 1.82) is 0 Å². The molecule has 0 aliphatic carbocycles. The topological polar surface area (TPSA) is 161 Å². The van der Waals surface area contributed by atoms with Gasteiger partial charge in [-0.3, -0.25) is 4.55 Å². The van der Waals surface area contributed by atoms with Gasteiger partial charge in [0.05, 0.1) is 0 Å². The maximum absolute atomic E-state index is 9.40. The molecule has 0 bridgehead atoms. The molecule has 0 saturated heterocycles. The molecule has 1 radical (unpaired) electrons. The fraction of sp³-hybridized carbons (Fsp3) is 0. The zero-order valence-corrected chi connectivity index (χ0v) is 9.45. The Labute approximate surface area is 88.6 Å². The maximum atomic E-state index is 9.40. The number of halogens is 1. The third kappa shape index (κ3) is 34.9. The van der Waals surface area contributed by atoms with Gasteiger partial charge in [0.15, 0.2) is 0 Å². The van der Waals surface area contributed by atoms with Gasteiger partial charge in [-0.25, -0.2) is 0 Å². The van der Waals surface area contributed by atoms with Crippen molar-refractivity contribution < 1.29 is 29.4 Å². The van der Waals surface area contributed by atoms with Crippen LogP contribution >= 0.6 is 16.1 Å². The Morgan fingerprint density at radius 3 is 1.30 bits per heavy atom. The summed E-state index contributed by atoms with van der Waals surface area (Å²) < 4.78 is 27.9. The van der Waals surface area contributed by atoms with Crippen molar-refractivity contribution in [3.05, 3.63) is 0 Å². The molecular formula is H8BrNNaO6S. The predicted octanol–water partition coefficient (Wildman–Crippen LogP) is -3.17. The van der Waals surface area contributed by atoms with Gasteiger partial charge in [0.2, 0.25) is 0 Å². The molecule has 8 N–H and O–H groups in total. The minimum atomic E-state index is -4.00. The summed E-state index contributed by atoms with van der Waals surface area (Å²) in [5, 5.41) is 0. The molecule has 10 heavy (non-hydrogen) atoms. The van der Waals surface area contributed by atoms with E-state index in [1.54, 1.807) is 0 Å². The van der Waals surface area contributed by atoms with Gasteiger partial charge in [-0.1, -0.05) is 0 Å². The third-order valence-corrected chi connectivity index (χ3v) is 1.52. The molecule has 0 aromatic rings. The van der Waals surface area contributed by atoms with E-state index in [-0.39, 0.29) is 46.0 Å². The Balaban J connectivity index is -0.0000000208. The van der Waals surface area contributed by atoms with Crippen LogP contribution in [0.4, 0.5) is 0 Å². The molecule has 10 heteroatoms. The van der Waals surface area contributed by atoms with Gasteiger partial charge in [0.1, 0.15) is 0 Å². The van der Waals surface area contributed by atoms with E-state index in [0.29, 0.717) is 0 Å². The minimum Gasteiger partial charge on any atom is -0.412 e. The molecule has 0 aliphatic heterocycles. The van der Waals surface area contributed by atoms with E-state index in [2.05, 4.69) is 16.1 Å². The van der Waals surface area contributed by atoms with Crippen molar-refractivity contribution in [2.24, 2.45) is 0 Å². The Morgan fingerprint density at radius 2 is 1.30 bits per heavy atom. The van der Waals surface area contributed by atoms with E-state index < -0.39 is 10.3 Å². The van der Waals surface area contributed by atoms with Crippen molar-refractivity contribution in [2.75, 3.05) is 0 Å². The van der Waals surface area contributed by atoms with Gasteiger partial charge in [-0.2, -0.15) is 8.42 Å². The third-order valence-electron chi connectivity index (χ3n) is 0.0975. The average Bonchev–Trinajstić information content (AvgIpc) is 1.35. The summed E-state index contributed by atoms with van der Waals surface area (Å²) in [6.45, 7) is 0. The Morgan fingerprint density at radius 1 is 1.20 bits per heavy atom. The number of rotatable bonds is 1. The standard InChI is InChI=1S/BrH2NO3S.Na.3H2O/c1-2-6(3,4)5;;;;/h2H,(H,3,4,5);;3*1H2. The monoisotopic (exact) mass is 252 g/mol. The summed E-state index contributed by atoms with van der Waals surface area (Å²) in [7, 11) is -4.00. The van der Waals surface area contributed by atoms with Gasteiger partial charge in [-0.15, -0.1) is 3.75 Å². The molecule has 0 fully saturated rings. The van der Waals surface area contributed by atoms with Crippen LogP contribution in [0.5, 0.6) is 0 Å². The summed E-state index contributed by atoms with van der Waals surface area (Å²) in [5.74, 6) is 0. The van der Waals surface area contributed by atoms with Crippen molar-refractivity contribution in [2.45, 2.75) is 0 Å². The number of hydrogen-bond donors (Lipinski definition) is 2. The molecule has 0 unspecified atom stereocenters. The Hall–Kier alpha value is 1.23. The largest absolute Gasteiger partial charge is 0.412 e. The molecule has 0 rings (SSSR count). The summed E-state index contributed by atoms with van der Waals surface area (Å²) in [6, 6.07) is 0. The van der Waals surface area contributed by atoms with Crippen LogP contribution in [0.1, 0.15) is 0 Å². The van der Waals surface area contributed by atoms with Crippen molar-refractivity contribution in [1.82, 2.24) is 3.75 Å². The molecule has 0 aromatic carbocycles. The fourth-order valence-electron chi connectivity index (χ4n) is 0. The van der Waals surface area contributed by atoms with E-state index in [0.717, 1.165) is 0 Å². The molecule has 7 nitrogen and oxygen atoms in total. The molecule has 0 saturated carbocycles. The number of nitrogens with one attached hydrogen (secondary N) is 1. The van der Waals surface area contributed by atoms with E-state index in [9.17, 15) is 8.42 Å². The van der Waals surface area contributed by atoms with Gasteiger partial charge >= 0.3 is 10.3 Å². The van der Waals surface area contributed by atoms with Crippen LogP contribution in [-0.2, 0) is 10.3 Å². The van der Waals surface area contributed by atoms with Crippen molar-refractivity contribution in [3.8, 4) is 0 Å². The van der Waals surface area contributed by atoms with Crippen molar-refractivity contribution in [3.63, 3.8) is 0 Å². The van der Waals surface area contributed by atoms with Gasteiger partial charge in [0, 0.05) is 45.7 Å². The first kappa shape index (κ1) is 30.3. The second kappa shape index (κ2) is 12.9. The smallest absolute Gasteiger partial charge is 0.343 e. The first-order valence-electron chi connectivity index (χ1n) is 0.909. The zero-order valence-electron chi connectivity index (χ0n) is 5.05. The van der Waals surface area contributed by atoms with E-state index in [1.165, 1.54) is 3.75 Å². The summed E-state index contributed by atoms with van der Waals surface area (Å²) in [4.78, 5) is 0. The first-order valence-corrected chi connectivity index (χ1v) is 3.14. The Kier molecular flexibility index (Phi) is 39.0. The van der Waals surface area contributed by atoms with E-state index in [4.69, 9.17) is 4.55 Å². The van der Waals surface area contributed by atoms with E-state index in [1.807, 2.05) is 0 Å². The normalized spacial score (nSPS) is 7.00. The minimum absolute atomic E-state index is 0. The molecule has 63 valence electrons. The van der Waals surface area contributed by atoms with Crippen LogP contribution in [0, 0.1) is 0 Å². The molecule has 0 spiro atoms. The van der Waals surface area contributed by atoms with Gasteiger partial charge < -0.3 is 16.4 Å². The molecule has 0 atom stereocenters. The quantitative estimate of drug-likeness (QED) is 0.287. The maximum Gasteiger partial charge on any atom is 0.343 e. The van der Waals surface area contributed by atoms with Crippen LogP contribution < -0.4 is 3.75 Å². The average molecular weight is 253 g/mol. The van der Waals surface area contributed by atoms with E-state index >= 15 is 0 Å². The first-order chi connectivity index (χ1) is 2.56. The van der Waals surface area contributed by atoms with Crippen LogP contribution in [0.15, 0.2) is 0 Å². The summed E-state index contributed by atoms with van der Waals surface area (Å²) in [5.41, 5.74) is 0. The predicted molar refractivity (Wildman–Crippen MR) is 40.2 cm³/mol. The zero-order chi connectivity index (χ0) is 5.21. The van der Waals surface area contributed by atoms with Crippen LogP contribution in [-0.4, -0.2) is 59.0 Å². The van der Waals surface area contributed by atoms with Crippen LogP contribution in [0.25, 0.3) is 0 Å². The fourth-order valence-corrected chi connectivity index (χ4v) is 0. The molecule has 0 aliphatic rings. The number of hydrogen-bond acceptors (Lipinski definition) is 2. The molecular weight excluding hydrogens is 245 g/mol. The summed E-state index contributed by atoms with van der Waals surface area (Å²) in [6.07, 6.45) is 0. The molecule has 0 aromatic heterocycles. The molecule has 0 amide bonds. The van der Waals surface area contributed by atoms with Crippen LogP contribution in [0.2, 0.25) is 0 Å². The summed E-state index contributed by atoms with van der Waals surface area (Å²) >= 11 is 2.28. The van der Waals surface area contributed by atoms with Gasteiger partial charge in [-0.05, 0) is 0 Å². The van der Waals surface area contributed by atoms with Crippen LogP contribution in [0.3, 0.4) is 0 Å². The molecule has 0 heterocycles. The second-order valence-corrected chi connectivity index (χ2v) is 2.63. The second-order valence-electron chi connectivity index (χ2n) is 0.552. The Bertz CT molecular complexity index is 120. The van der Waals surface area contributed by atoms with Crippen molar-refractivity contribution >= 4 is 56.0 Å². The van der Waals surface area contributed by atoms with Gasteiger partial charge in [0.25, 0.3) is 0 Å². The SMILES string of the molecule is O.O.O.O=S(=O)(O)NBr.[Na].